The lowest BCUT2D eigenvalue weighted by molar-refractivity contribution is -0.142. The molecule has 0 fully saturated rings. The second-order valence-electron chi connectivity index (χ2n) is 7.59. The number of carboxylic acids is 1. The van der Waals surface area contributed by atoms with Crippen molar-refractivity contribution in [3.05, 3.63) is 59.7 Å². The van der Waals surface area contributed by atoms with Gasteiger partial charge in [0.25, 0.3) is 0 Å². The molecule has 0 heterocycles. The highest BCUT2D eigenvalue weighted by atomic mass is 16.6. The zero-order chi connectivity index (χ0) is 22.3. The van der Waals surface area contributed by atoms with Crippen molar-refractivity contribution < 1.29 is 34.0 Å². The molecule has 162 valence electrons. The van der Waals surface area contributed by atoms with Crippen LogP contribution in [0.3, 0.4) is 0 Å². The van der Waals surface area contributed by atoms with Crippen molar-refractivity contribution in [1.82, 2.24) is 5.32 Å². The number of benzene rings is 2. The Morgan fingerprint density at radius 2 is 1.73 bits per heavy atom. The van der Waals surface area contributed by atoms with E-state index in [4.69, 9.17) is 14.2 Å². The summed E-state index contributed by atoms with van der Waals surface area (Å²) in [6, 6.07) is 12.5. The molecule has 0 aromatic heterocycles. The molecular weight excluding hydrogens is 390 g/mol. The Morgan fingerprint density at radius 1 is 1.07 bits per heavy atom. The van der Waals surface area contributed by atoms with Crippen LogP contribution in [0.2, 0.25) is 0 Å². The number of carbonyl (C=O) groups is 2. The number of hydrogen-bond acceptors (Lipinski definition) is 6. The number of rotatable bonds is 8. The number of amides is 1. The Labute approximate surface area is 175 Å². The zero-order valence-electron chi connectivity index (χ0n) is 17.4. The molecule has 0 radical (unpaired) electrons. The first-order valence-electron chi connectivity index (χ1n) is 9.36. The van der Waals surface area contributed by atoms with Gasteiger partial charge in [-0.25, -0.2) is 9.59 Å². The molecule has 0 spiro atoms. The van der Waals surface area contributed by atoms with Crippen LogP contribution in [0.4, 0.5) is 4.79 Å². The van der Waals surface area contributed by atoms with Gasteiger partial charge in [0, 0.05) is 0 Å². The SMILES string of the molecule is COc1cc([C@@H](O)[C@H](NC(=O)OC(C)(C)C)C(=O)O)ccc1OCc1ccccc1. The Kier molecular flexibility index (Phi) is 7.66. The van der Waals surface area contributed by atoms with Crippen LogP contribution in [-0.2, 0) is 16.1 Å². The minimum absolute atomic E-state index is 0.238. The molecule has 30 heavy (non-hydrogen) atoms. The van der Waals surface area contributed by atoms with E-state index in [2.05, 4.69) is 5.32 Å². The predicted octanol–water partition coefficient (Wildman–Crippen LogP) is 3.29. The van der Waals surface area contributed by atoms with Gasteiger partial charge in [-0.3, -0.25) is 0 Å². The number of aliphatic carboxylic acids is 1. The summed E-state index contributed by atoms with van der Waals surface area (Å²) < 4.78 is 16.2. The molecule has 3 N–H and O–H groups in total. The number of carboxylic acid groups (broad SMARTS) is 1. The van der Waals surface area contributed by atoms with Gasteiger partial charge in [-0.15, -0.1) is 0 Å². The van der Waals surface area contributed by atoms with Crippen molar-refractivity contribution in [3.63, 3.8) is 0 Å². The zero-order valence-corrected chi connectivity index (χ0v) is 17.4. The molecule has 0 saturated carbocycles. The van der Waals surface area contributed by atoms with Crippen LogP contribution in [-0.4, -0.2) is 41.0 Å². The molecule has 8 heteroatoms. The Hall–Kier alpha value is -3.26. The third kappa shape index (κ3) is 6.66. The molecule has 0 unspecified atom stereocenters. The lowest BCUT2D eigenvalue weighted by Crippen LogP contribution is -2.46. The summed E-state index contributed by atoms with van der Waals surface area (Å²) >= 11 is 0. The highest BCUT2D eigenvalue weighted by molar-refractivity contribution is 5.81. The molecular formula is C22H27NO7. The number of ether oxygens (including phenoxy) is 3. The van der Waals surface area contributed by atoms with Crippen LogP contribution >= 0.6 is 0 Å². The first-order chi connectivity index (χ1) is 14.1. The van der Waals surface area contributed by atoms with Crippen LogP contribution in [0.25, 0.3) is 0 Å². The van der Waals surface area contributed by atoms with E-state index in [0.29, 0.717) is 18.1 Å². The van der Waals surface area contributed by atoms with Gasteiger partial charge in [0.1, 0.15) is 18.3 Å². The Balaban J connectivity index is 2.15. The molecule has 2 aromatic carbocycles. The van der Waals surface area contributed by atoms with E-state index in [1.165, 1.54) is 19.2 Å². The lowest BCUT2D eigenvalue weighted by Gasteiger charge is -2.24. The van der Waals surface area contributed by atoms with Crippen molar-refractivity contribution in [3.8, 4) is 11.5 Å². The number of methoxy groups -OCH3 is 1. The third-order valence-corrected chi connectivity index (χ3v) is 4.02. The van der Waals surface area contributed by atoms with Gasteiger partial charge in [-0.05, 0) is 44.0 Å². The van der Waals surface area contributed by atoms with E-state index in [1.807, 2.05) is 30.3 Å². The normalized spacial score (nSPS) is 13.1. The average molecular weight is 417 g/mol. The maximum Gasteiger partial charge on any atom is 0.408 e. The lowest BCUT2D eigenvalue weighted by atomic mass is 10.0. The number of hydrogen-bond donors (Lipinski definition) is 3. The molecule has 0 aliphatic rings. The quantitative estimate of drug-likeness (QED) is 0.604. The number of carbonyl (C=O) groups excluding carboxylic acids is 1. The van der Waals surface area contributed by atoms with Gasteiger partial charge in [0.15, 0.2) is 17.5 Å². The molecule has 2 aromatic rings. The number of aliphatic hydroxyl groups excluding tert-OH is 1. The summed E-state index contributed by atoms with van der Waals surface area (Å²) in [5.41, 5.74) is 0.400. The smallest absolute Gasteiger partial charge is 0.408 e. The average Bonchev–Trinajstić information content (AvgIpc) is 2.69. The first-order valence-corrected chi connectivity index (χ1v) is 9.36. The van der Waals surface area contributed by atoms with Crippen molar-refractivity contribution in [2.75, 3.05) is 7.11 Å². The summed E-state index contributed by atoms with van der Waals surface area (Å²) in [7, 11) is 1.44. The van der Waals surface area contributed by atoms with E-state index in [9.17, 15) is 19.8 Å². The molecule has 0 aliphatic heterocycles. The van der Waals surface area contributed by atoms with Gasteiger partial charge in [0.05, 0.1) is 7.11 Å². The fraction of sp³-hybridized carbons (Fsp3) is 0.364. The molecule has 8 nitrogen and oxygen atoms in total. The summed E-state index contributed by atoms with van der Waals surface area (Å²) in [6.45, 7) is 5.27. The van der Waals surface area contributed by atoms with Crippen molar-refractivity contribution in [2.45, 2.75) is 45.1 Å². The van der Waals surface area contributed by atoms with E-state index in [0.717, 1.165) is 5.56 Å². The van der Waals surface area contributed by atoms with Crippen LogP contribution in [0.5, 0.6) is 11.5 Å². The first kappa shape index (κ1) is 23.0. The minimum atomic E-state index is -1.61. The fourth-order valence-corrected chi connectivity index (χ4v) is 2.63. The highest BCUT2D eigenvalue weighted by Gasteiger charge is 2.32. The van der Waals surface area contributed by atoms with E-state index in [-0.39, 0.29) is 5.56 Å². The van der Waals surface area contributed by atoms with Gasteiger partial charge in [-0.2, -0.15) is 0 Å². The monoisotopic (exact) mass is 417 g/mol. The molecule has 2 rings (SSSR count). The predicted molar refractivity (Wildman–Crippen MR) is 110 cm³/mol. The van der Waals surface area contributed by atoms with Gasteiger partial charge >= 0.3 is 12.1 Å². The number of nitrogens with one attached hydrogen (secondary N) is 1. The van der Waals surface area contributed by atoms with Gasteiger partial charge in [0.2, 0.25) is 0 Å². The standard InChI is InChI=1S/C22H27NO7/c1-22(2,3)30-21(27)23-18(20(25)26)19(24)15-10-11-16(17(12-15)28-4)29-13-14-8-6-5-7-9-14/h5-12,18-19,24H,13H2,1-4H3,(H,23,27)(H,25,26)/t18-,19+/m0/s1. The van der Waals surface area contributed by atoms with Crippen molar-refractivity contribution in [2.24, 2.45) is 0 Å². The maximum atomic E-state index is 12.0. The van der Waals surface area contributed by atoms with Gasteiger partial charge < -0.3 is 29.7 Å². The number of aliphatic hydroxyl groups is 1. The van der Waals surface area contributed by atoms with E-state index >= 15 is 0 Å². The Morgan fingerprint density at radius 3 is 2.30 bits per heavy atom. The third-order valence-electron chi connectivity index (χ3n) is 4.02. The van der Waals surface area contributed by atoms with Crippen LogP contribution in [0, 0.1) is 0 Å². The van der Waals surface area contributed by atoms with Gasteiger partial charge in [-0.1, -0.05) is 36.4 Å². The summed E-state index contributed by atoms with van der Waals surface area (Å²) in [6.07, 6.45) is -2.48. The van der Waals surface area contributed by atoms with E-state index in [1.54, 1.807) is 26.8 Å². The summed E-state index contributed by atoms with van der Waals surface area (Å²) in [5, 5.41) is 22.2. The van der Waals surface area contributed by atoms with Crippen molar-refractivity contribution >= 4 is 12.1 Å². The maximum absolute atomic E-state index is 12.0. The molecule has 1 amide bonds. The summed E-state index contributed by atoms with van der Waals surface area (Å²) in [4.78, 5) is 23.6. The topological polar surface area (TPSA) is 114 Å². The molecule has 0 bridgehead atoms. The largest absolute Gasteiger partial charge is 0.493 e. The van der Waals surface area contributed by atoms with E-state index < -0.39 is 29.8 Å². The molecule has 0 aliphatic carbocycles. The minimum Gasteiger partial charge on any atom is -0.493 e. The second kappa shape index (κ2) is 9.98. The molecule has 0 saturated heterocycles. The second-order valence-corrected chi connectivity index (χ2v) is 7.59. The summed E-state index contributed by atoms with van der Waals surface area (Å²) in [5.74, 6) is -0.648. The Bertz CT molecular complexity index is 862. The van der Waals surface area contributed by atoms with Crippen LogP contribution in [0.15, 0.2) is 48.5 Å². The molecule has 2 atom stereocenters. The van der Waals surface area contributed by atoms with Crippen LogP contribution < -0.4 is 14.8 Å². The van der Waals surface area contributed by atoms with Crippen LogP contribution in [0.1, 0.15) is 38.0 Å². The van der Waals surface area contributed by atoms with Crippen molar-refractivity contribution in [1.29, 1.82) is 0 Å². The fourth-order valence-electron chi connectivity index (χ4n) is 2.63. The highest BCUT2D eigenvalue weighted by Crippen LogP contribution is 2.32. The number of alkyl carbamates (subject to hydrolysis) is 1.